The average Bonchev–Trinajstić information content (AvgIpc) is 3.34. The molecule has 5 aliphatic rings. The average molecular weight is 376 g/mol. The van der Waals surface area contributed by atoms with E-state index in [2.05, 4.69) is 0 Å². The number of hydrogen-bond acceptors (Lipinski definition) is 4. The Labute approximate surface area is 162 Å². The van der Waals surface area contributed by atoms with Gasteiger partial charge in [-0.3, -0.25) is 19.3 Å². The zero-order valence-electron chi connectivity index (χ0n) is 15.5. The number of allylic oxidation sites excluding steroid dienone is 2. The summed E-state index contributed by atoms with van der Waals surface area (Å²) in [6.45, 7) is 0. The topological polar surface area (TPSA) is 77.9 Å². The fourth-order valence-corrected chi connectivity index (χ4v) is 5.62. The van der Waals surface area contributed by atoms with Gasteiger partial charge in [-0.15, -0.1) is 0 Å². The first kappa shape index (κ1) is 16.2. The second kappa shape index (κ2) is 5.20. The van der Waals surface area contributed by atoms with Crippen molar-refractivity contribution in [2.75, 3.05) is 7.05 Å². The second-order valence-corrected chi connectivity index (χ2v) is 8.47. The van der Waals surface area contributed by atoms with E-state index >= 15 is 0 Å². The van der Waals surface area contributed by atoms with E-state index in [4.69, 9.17) is 0 Å². The van der Waals surface area contributed by atoms with Crippen LogP contribution in [0.15, 0.2) is 35.4 Å². The van der Waals surface area contributed by atoms with Crippen LogP contribution < -0.4 is 0 Å². The summed E-state index contributed by atoms with van der Waals surface area (Å²) in [5.74, 6) is -0.559. The standard InChI is InChI=1S/C22H20N2O4/c1-23-19(25)15-6-11-12(7-16(15)20(23)26)14-9-18-17(8-13(11)14)21(27)24(22(18)28)10-4-2-3-5-10/h6-10,13-14,21,27H,2-5H2,1H3. The van der Waals surface area contributed by atoms with Gasteiger partial charge in [0.25, 0.3) is 17.7 Å². The predicted molar refractivity (Wildman–Crippen MR) is 99.6 cm³/mol. The Hall–Kier alpha value is -2.73. The smallest absolute Gasteiger partial charge is 0.261 e. The van der Waals surface area contributed by atoms with E-state index in [0.29, 0.717) is 22.3 Å². The van der Waals surface area contributed by atoms with E-state index < -0.39 is 6.23 Å². The lowest BCUT2D eigenvalue weighted by Gasteiger charge is -2.39. The number of aliphatic hydroxyl groups excluding tert-OH is 1. The summed E-state index contributed by atoms with van der Waals surface area (Å²) in [7, 11) is 1.50. The Kier molecular flexibility index (Phi) is 3.02. The van der Waals surface area contributed by atoms with Crippen molar-refractivity contribution in [3.8, 4) is 0 Å². The van der Waals surface area contributed by atoms with Crippen molar-refractivity contribution in [1.29, 1.82) is 0 Å². The van der Waals surface area contributed by atoms with Crippen LogP contribution >= 0.6 is 0 Å². The molecule has 0 spiro atoms. The van der Waals surface area contributed by atoms with Gasteiger partial charge in [0.1, 0.15) is 0 Å². The fourth-order valence-electron chi connectivity index (χ4n) is 5.62. The number of amides is 3. The summed E-state index contributed by atoms with van der Waals surface area (Å²) in [5.41, 5.74) is 4.22. The molecular formula is C22H20N2O4. The van der Waals surface area contributed by atoms with E-state index in [-0.39, 0.29) is 35.6 Å². The highest BCUT2D eigenvalue weighted by atomic mass is 16.3. The SMILES string of the molecule is CN1C(=O)c2cc3c(cc2C1=O)C1C=C2C(=CC31)C(=O)N(C1CCCC1)C2O. The number of hydrogen-bond donors (Lipinski definition) is 1. The third-order valence-corrected chi connectivity index (χ3v) is 7.14. The molecule has 3 aliphatic carbocycles. The van der Waals surface area contributed by atoms with E-state index in [0.717, 1.165) is 41.7 Å². The third kappa shape index (κ3) is 1.79. The minimum Gasteiger partial charge on any atom is -0.369 e. The van der Waals surface area contributed by atoms with E-state index in [1.165, 1.54) is 7.05 Å². The zero-order valence-corrected chi connectivity index (χ0v) is 15.5. The maximum absolute atomic E-state index is 13.0. The highest BCUT2D eigenvalue weighted by Crippen LogP contribution is 2.55. The van der Waals surface area contributed by atoms with Gasteiger partial charge in [0.2, 0.25) is 0 Å². The van der Waals surface area contributed by atoms with Crippen LogP contribution in [0.1, 0.15) is 69.4 Å². The van der Waals surface area contributed by atoms with Gasteiger partial charge in [0.05, 0.1) is 11.1 Å². The normalized spacial score (nSPS) is 30.6. The van der Waals surface area contributed by atoms with Crippen molar-refractivity contribution in [2.24, 2.45) is 0 Å². The summed E-state index contributed by atoms with van der Waals surface area (Å²) in [6.07, 6.45) is 7.16. The molecule has 1 N–H and O–H groups in total. The number of fused-ring (bicyclic) bond motifs is 6. The van der Waals surface area contributed by atoms with Gasteiger partial charge in [-0.25, -0.2) is 0 Å². The van der Waals surface area contributed by atoms with E-state index in [1.807, 2.05) is 24.3 Å². The van der Waals surface area contributed by atoms with Crippen LogP contribution in [0.3, 0.4) is 0 Å². The molecule has 0 aromatic heterocycles. The van der Waals surface area contributed by atoms with Crippen LogP contribution in [0.25, 0.3) is 0 Å². The van der Waals surface area contributed by atoms with Gasteiger partial charge in [-0.2, -0.15) is 0 Å². The minimum atomic E-state index is -0.879. The van der Waals surface area contributed by atoms with Crippen LogP contribution in [0.2, 0.25) is 0 Å². The Balaban J connectivity index is 1.41. The third-order valence-electron chi connectivity index (χ3n) is 7.14. The number of carbonyl (C=O) groups excluding carboxylic acids is 3. The molecule has 142 valence electrons. The maximum atomic E-state index is 13.0. The highest BCUT2D eigenvalue weighted by molar-refractivity contribution is 6.21. The van der Waals surface area contributed by atoms with Crippen molar-refractivity contribution >= 4 is 17.7 Å². The first-order valence-electron chi connectivity index (χ1n) is 9.92. The largest absolute Gasteiger partial charge is 0.369 e. The summed E-state index contributed by atoms with van der Waals surface area (Å²) in [5, 5.41) is 10.8. The van der Waals surface area contributed by atoms with Gasteiger partial charge in [0, 0.05) is 36.1 Å². The molecular weight excluding hydrogens is 356 g/mol. The van der Waals surface area contributed by atoms with Crippen molar-refractivity contribution in [3.63, 3.8) is 0 Å². The lowest BCUT2D eigenvalue weighted by molar-refractivity contribution is -0.133. The molecule has 1 saturated heterocycles. The summed E-state index contributed by atoms with van der Waals surface area (Å²) >= 11 is 0. The van der Waals surface area contributed by atoms with Crippen LogP contribution in [0.5, 0.6) is 0 Å². The molecule has 6 heteroatoms. The minimum absolute atomic E-state index is 0.0209. The van der Waals surface area contributed by atoms with Gasteiger partial charge in [0.15, 0.2) is 6.23 Å². The van der Waals surface area contributed by atoms with Crippen LogP contribution in [0.4, 0.5) is 0 Å². The fraction of sp³-hybridized carbons (Fsp3) is 0.409. The van der Waals surface area contributed by atoms with Crippen LogP contribution in [-0.4, -0.2) is 51.9 Å². The van der Waals surface area contributed by atoms with Gasteiger partial charge < -0.3 is 10.0 Å². The molecule has 0 radical (unpaired) electrons. The Morgan fingerprint density at radius 2 is 1.46 bits per heavy atom. The monoisotopic (exact) mass is 376 g/mol. The molecule has 3 amide bonds. The number of aliphatic hydroxyl groups is 1. The maximum Gasteiger partial charge on any atom is 0.261 e. The number of imide groups is 1. The molecule has 1 saturated carbocycles. The number of likely N-dealkylation sites (tertiary alicyclic amines) is 1. The molecule has 28 heavy (non-hydrogen) atoms. The van der Waals surface area contributed by atoms with Crippen molar-refractivity contribution in [2.45, 2.75) is 49.8 Å². The number of carbonyl (C=O) groups is 3. The molecule has 6 rings (SSSR count). The van der Waals surface area contributed by atoms with E-state index in [1.54, 1.807) is 4.90 Å². The first-order valence-corrected chi connectivity index (χ1v) is 9.92. The van der Waals surface area contributed by atoms with Crippen LogP contribution in [-0.2, 0) is 4.79 Å². The lowest BCUT2D eigenvalue weighted by atomic mass is 9.63. The zero-order chi connectivity index (χ0) is 19.3. The Bertz CT molecular complexity index is 1050. The number of nitrogens with zero attached hydrogens (tertiary/aromatic N) is 2. The quantitative estimate of drug-likeness (QED) is 0.761. The van der Waals surface area contributed by atoms with Gasteiger partial charge >= 0.3 is 0 Å². The second-order valence-electron chi connectivity index (χ2n) is 8.47. The Morgan fingerprint density at radius 3 is 2.07 bits per heavy atom. The number of rotatable bonds is 1. The van der Waals surface area contributed by atoms with Crippen LogP contribution in [0, 0.1) is 0 Å². The van der Waals surface area contributed by atoms with Gasteiger partial charge in [-0.1, -0.05) is 25.0 Å². The van der Waals surface area contributed by atoms with Crippen molar-refractivity contribution in [3.05, 3.63) is 57.7 Å². The van der Waals surface area contributed by atoms with Crippen molar-refractivity contribution in [1.82, 2.24) is 9.80 Å². The summed E-state index contributed by atoms with van der Waals surface area (Å²) in [6, 6.07) is 3.75. The molecule has 1 aromatic carbocycles. The highest BCUT2D eigenvalue weighted by Gasteiger charge is 2.49. The molecule has 3 atom stereocenters. The van der Waals surface area contributed by atoms with Crippen molar-refractivity contribution < 1.29 is 19.5 Å². The molecule has 2 heterocycles. The van der Waals surface area contributed by atoms with Gasteiger partial charge in [-0.05, 0) is 36.1 Å². The first-order chi connectivity index (χ1) is 13.5. The molecule has 3 unspecified atom stereocenters. The molecule has 2 fully saturated rings. The summed E-state index contributed by atoms with van der Waals surface area (Å²) < 4.78 is 0. The number of benzene rings is 1. The predicted octanol–water partition coefficient (Wildman–Crippen LogP) is 2.06. The lowest BCUT2D eigenvalue weighted by Crippen LogP contribution is -2.40. The molecule has 0 bridgehead atoms. The molecule has 6 nitrogen and oxygen atoms in total. The Morgan fingerprint density at radius 1 is 0.893 bits per heavy atom. The van der Waals surface area contributed by atoms with E-state index in [9.17, 15) is 19.5 Å². The molecule has 1 aromatic rings. The molecule has 2 aliphatic heterocycles. The summed E-state index contributed by atoms with van der Waals surface area (Å²) in [4.78, 5) is 40.4.